The third kappa shape index (κ3) is 3.56. The Kier molecular flexibility index (Phi) is 5.16. The van der Waals surface area contributed by atoms with Crippen LogP contribution in [-0.2, 0) is 6.54 Å². The Bertz CT molecular complexity index is 1240. The summed E-state index contributed by atoms with van der Waals surface area (Å²) in [6.45, 7) is 2.32. The van der Waals surface area contributed by atoms with E-state index in [4.69, 9.17) is 10.5 Å². The van der Waals surface area contributed by atoms with Crippen molar-refractivity contribution in [1.82, 2.24) is 15.0 Å². The standard InChI is InChI=1S/C23H22F2N6O2/c1-12-8-19(29-23(28-12)30-10-16(25)17(26)11-30)31-9-14-13(22(31)32)6-7-27-21(14)20-15(24)4-3-5-18(20)33-2/h3-8,16-17H,9-11,26H2,1-2H3/t16-,17-/m0/s1. The molecule has 0 saturated carbocycles. The molecule has 0 unspecified atom stereocenters. The van der Waals surface area contributed by atoms with Gasteiger partial charge in [0.15, 0.2) is 0 Å². The number of nitrogens with zero attached hydrogens (tertiary/aromatic N) is 5. The topological polar surface area (TPSA) is 97.5 Å². The molecule has 33 heavy (non-hydrogen) atoms. The first kappa shape index (κ1) is 21.2. The van der Waals surface area contributed by atoms with Crippen LogP contribution in [0, 0.1) is 12.7 Å². The highest BCUT2D eigenvalue weighted by atomic mass is 19.1. The zero-order valence-electron chi connectivity index (χ0n) is 18.1. The molecule has 10 heteroatoms. The van der Waals surface area contributed by atoms with Crippen LogP contribution in [0.3, 0.4) is 0 Å². The SMILES string of the molecule is COc1cccc(F)c1-c1nccc2c1CN(c1cc(C)nc(N3C[C@H](N)[C@@H](F)C3)n1)C2=O. The summed E-state index contributed by atoms with van der Waals surface area (Å²) in [4.78, 5) is 29.8. The van der Waals surface area contributed by atoms with Crippen molar-refractivity contribution in [1.29, 1.82) is 0 Å². The number of fused-ring (bicyclic) bond motifs is 1. The van der Waals surface area contributed by atoms with Gasteiger partial charge in [0, 0.05) is 35.6 Å². The number of aryl methyl sites for hydroxylation is 1. The first-order valence-electron chi connectivity index (χ1n) is 10.5. The number of benzene rings is 1. The first-order chi connectivity index (χ1) is 15.9. The van der Waals surface area contributed by atoms with Gasteiger partial charge >= 0.3 is 0 Å². The van der Waals surface area contributed by atoms with Gasteiger partial charge in [0.2, 0.25) is 5.95 Å². The molecule has 2 N–H and O–H groups in total. The average Bonchev–Trinajstić information content (AvgIpc) is 3.32. The molecule has 1 aromatic carbocycles. The molecular formula is C23H22F2N6O2. The number of pyridine rings is 1. The number of hydrogen-bond donors (Lipinski definition) is 1. The lowest BCUT2D eigenvalue weighted by Crippen LogP contribution is -2.31. The highest BCUT2D eigenvalue weighted by Gasteiger charge is 2.35. The molecule has 2 atom stereocenters. The van der Waals surface area contributed by atoms with E-state index in [9.17, 15) is 13.6 Å². The number of hydrogen-bond acceptors (Lipinski definition) is 7. The number of carbonyl (C=O) groups is 1. The normalized spacial score (nSPS) is 19.8. The smallest absolute Gasteiger partial charge is 0.260 e. The van der Waals surface area contributed by atoms with E-state index in [2.05, 4.69) is 15.0 Å². The fourth-order valence-corrected chi connectivity index (χ4v) is 4.30. The van der Waals surface area contributed by atoms with E-state index in [1.807, 2.05) is 0 Å². The number of rotatable bonds is 4. The largest absolute Gasteiger partial charge is 0.496 e. The Hall–Kier alpha value is -3.66. The van der Waals surface area contributed by atoms with Crippen molar-refractivity contribution in [3.05, 3.63) is 59.2 Å². The molecule has 170 valence electrons. The van der Waals surface area contributed by atoms with E-state index in [0.717, 1.165) is 0 Å². The van der Waals surface area contributed by atoms with Gasteiger partial charge in [-0.2, -0.15) is 4.98 Å². The number of nitrogens with two attached hydrogens (primary N) is 1. The Morgan fingerprint density at radius 3 is 2.76 bits per heavy atom. The van der Waals surface area contributed by atoms with Gasteiger partial charge < -0.3 is 15.4 Å². The van der Waals surface area contributed by atoms with Crippen LogP contribution >= 0.6 is 0 Å². The van der Waals surface area contributed by atoms with E-state index >= 15 is 0 Å². The second-order valence-corrected chi connectivity index (χ2v) is 8.15. The van der Waals surface area contributed by atoms with Gasteiger partial charge in [-0.05, 0) is 25.1 Å². The molecule has 1 fully saturated rings. The molecular weight excluding hydrogens is 430 g/mol. The lowest BCUT2D eigenvalue weighted by atomic mass is 10.0. The molecule has 0 bridgehead atoms. The van der Waals surface area contributed by atoms with Crippen molar-refractivity contribution in [2.24, 2.45) is 5.73 Å². The summed E-state index contributed by atoms with van der Waals surface area (Å²) < 4.78 is 34.1. The lowest BCUT2D eigenvalue weighted by molar-refractivity contribution is 0.0996. The molecule has 0 spiro atoms. The van der Waals surface area contributed by atoms with Crippen molar-refractivity contribution in [2.75, 3.05) is 30.0 Å². The Balaban J connectivity index is 1.54. The number of carbonyl (C=O) groups excluding carboxylic acids is 1. The zero-order chi connectivity index (χ0) is 23.3. The van der Waals surface area contributed by atoms with Crippen molar-refractivity contribution < 1.29 is 18.3 Å². The maximum atomic E-state index is 14.8. The van der Waals surface area contributed by atoms with E-state index in [0.29, 0.717) is 46.6 Å². The van der Waals surface area contributed by atoms with Crippen LogP contribution in [0.2, 0.25) is 0 Å². The van der Waals surface area contributed by atoms with E-state index in [-0.39, 0.29) is 24.6 Å². The minimum absolute atomic E-state index is 0.0966. The quantitative estimate of drug-likeness (QED) is 0.650. The molecule has 2 aromatic heterocycles. The van der Waals surface area contributed by atoms with Crippen LogP contribution in [0.25, 0.3) is 11.3 Å². The Morgan fingerprint density at radius 2 is 2.03 bits per heavy atom. The highest BCUT2D eigenvalue weighted by Crippen LogP contribution is 2.38. The van der Waals surface area contributed by atoms with E-state index in [1.165, 1.54) is 24.3 Å². The van der Waals surface area contributed by atoms with Crippen LogP contribution < -0.4 is 20.3 Å². The predicted octanol–water partition coefficient (Wildman–Crippen LogP) is 2.64. The van der Waals surface area contributed by atoms with Crippen molar-refractivity contribution >= 4 is 17.7 Å². The molecule has 0 radical (unpaired) electrons. The summed E-state index contributed by atoms with van der Waals surface area (Å²) in [5, 5.41) is 0. The molecule has 2 aliphatic rings. The van der Waals surface area contributed by atoms with Gasteiger partial charge in [-0.15, -0.1) is 0 Å². The second-order valence-electron chi connectivity index (χ2n) is 8.15. The molecule has 2 aliphatic heterocycles. The minimum Gasteiger partial charge on any atom is -0.496 e. The summed E-state index contributed by atoms with van der Waals surface area (Å²) in [6.07, 6.45) is 0.310. The van der Waals surface area contributed by atoms with Crippen molar-refractivity contribution in [2.45, 2.75) is 25.7 Å². The predicted molar refractivity (Wildman–Crippen MR) is 119 cm³/mol. The number of amides is 1. The van der Waals surface area contributed by atoms with Crippen LogP contribution in [0.5, 0.6) is 5.75 Å². The summed E-state index contributed by atoms with van der Waals surface area (Å²) in [5.74, 6) is 0.245. The third-order valence-corrected chi connectivity index (χ3v) is 5.96. The summed E-state index contributed by atoms with van der Waals surface area (Å²) in [7, 11) is 1.45. The molecule has 3 aromatic rings. The summed E-state index contributed by atoms with van der Waals surface area (Å²) in [5.41, 5.74) is 7.97. The fraction of sp³-hybridized carbons (Fsp3) is 0.304. The fourth-order valence-electron chi connectivity index (χ4n) is 4.30. The average molecular weight is 452 g/mol. The number of anilines is 2. The van der Waals surface area contributed by atoms with Gasteiger partial charge in [-0.25, -0.2) is 13.8 Å². The maximum Gasteiger partial charge on any atom is 0.260 e. The number of methoxy groups -OCH3 is 1. The molecule has 4 heterocycles. The van der Waals surface area contributed by atoms with Gasteiger partial charge in [0.25, 0.3) is 5.91 Å². The van der Waals surface area contributed by atoms with Gasteiger partial charge in [0.05, 0.1) is 37.5 Å². The number of alkyl halides is 1. The molecule has 0 aliphatic carbocycles. The third-order valence-electron chi connectivity index (χ3n) is 5.96. The van der Waals surface area contributed by atoms with E-state index < -0.39 is 18.0 Å². The van der Waals surface area contributed by atoms with Crippen molar-refractivity contribution in [3.8, 4) is 17.0 Å². The second kappa shape index (κ2) is 8.04. The number of halogens is 2. The minimum atomic E-state index is -1.17. The highest BCUT2D eigenvalue weighted by molar-refractivity contribution is 6.10. The van der Waals surface area contributed by atoms with Crippen LogP contribution in [0.4, 0.5) is 20.5 Å². The molecule has 1 saturated heterocycles. The summed E-state index contributed by atoms with van der Waals surface area (Å²) in [6, 6.07) is 7.21. The Labute approximate surface area is 189 Å². The molecule has 8 nitrogen and oxygen atoms in total. The molecule has 5 rings (SSSR count). The van der Waals surface area contributed by atoms with Crippen molar-refractivity contribution in [3.63, 3.8) is 0 Å². The van der Waals surface area contributed by atoms with Crippen LogP contribution in [-0.4, -0.2) is 53.3 Å². The lowest BCUT2D eigenvalue weighted by Gasteiger charge is -2.20. The monoisotopic (exact) mass is 452 g/mol. The zero-order valence-corrected chi connectivity index (χ0v) is 18.1. The summed E-state index contributed by atoms with van der Waals surface area (Å²) >= 11 is 0. The van der Waals surface area contributed by atoms with Gasteiger partial charge in [-0.1, -0.05) is 6.07 Å². The van der Waals surface area contributed by atoms with Crippen LogP contribution in [0.1, 0.15) is 21.6 Å². The maximum absolute atomic E-state index is 14.8. The van der Waals surface area contributed by atoms with Gasteiger partial charge in [0.1, 0.15) is 23.6 Å². The molecule has 1 amide bonds. The number of ether oxygens (including phenoxy) is 1. The van der Waals surface area contributed by atoms with Crippen LogP contribution in [0.15, 0.2) is 36.5 Å². The first-order valence-corrected chi connectivity index (χ1v) is 10.5. The van der Waals surface area contributed by atoms with E-state index in [1.54, 1.807) is 36.1 Å². The Morgan fingerprint density at radius 1 is 1.21 bits per heavy atom. The number of aromatic nitrogens is 3. The van der Waals surface area contributed by atoms with Gasteiger partial charge in [-0.3, -0.25) is 14.7 Å².